The first-order valence-corrected chi connectivity index (χ1v) is 4.78. The van der Waals surface area contributed by atoms with Crippen LogP contribution in [0.5, 0.6) is 0 Å². The smallest absolute Gasteiger partial charge is 0.303 e. The number of benzene rings is 1. The molecular formula is C6H6N2NaO5S. The largest absolute Gasteiger partial charge is 0.397 e. The van der Waals surface area contributed by atoms with Gasteiger partial charge in [-0.25, -0.2) is 0 Å². The molecule has 0 atom stereocenters. The minimum Gasteiger partial charge on any atom is -0.397 e. The van der Waals surface area contributed by atoms with Gasteiger partial charge in [0.1, 0.15) is 0 Å². The van der Waals surface area contributed by atoms with Gasteiger partial charge in [-0.05, 0) is 6.07 Å². The third-order valence-corrected chi connectivity index (χ3v) is 2.44. The Kier molecular flexibility index (Phi) is 4.68. The molecule has 0 aliphatic carbocycles. The van der Waals surface area contributed by atoms with E-state index in [2.05, 4.69) is 0 Å². The summed E-state index contributed by atoms with van der Waals surface area (Å²) in [5, 5.41) is 10.4. The first kappa shape index (κ1) is 14.3. The Labute approximate surface area is 107 Å². The van der Waals surface area contributed by atoms with E-state index in [4.69, 9.17) is 10.3 Å². The summed E-state index contributed by atoms with van der Waals surface area (Å²) in [5.41, 5.74) is 4.10. The van der Waals surface area contributed by atoms with Crippen LogP contribution in [0.15, 0.2) is 23.1 Å². The minimum absolute atomic E-state index is 0. The second kappa shape index (κ2) is 4.90. The van der Waals surface area contributed by atoms with Crippen molar-refractivity contribution in [1.29, 1.82) is 0 Å². The van der Waals surface area contributed by atoms with Crippen LogP contribution in [0.4, 0.5) is 11.4 Å². The Morgan fingerprint density at radius 1 is 1.40 bits per heavy atom. The number of hydrogen-bond donors (Lipinski definition) is 2. The first-order chi connectivity index (χ1) is 6.34. The van der Waals surface area contributed by atoms with Gasteiger partial charge < -0.3 is 5.73 Å². The molecule has 77 valence electrons. The Morgan fingerprint density at radius 3 is 2.27 bits per heavy atom. The van der Waals surface area contributed by atoms with Gasteiger partial charge in [-0.1, -0.05) is 6.07 Å². The van der Waals surface area contributed by atoms with E-state index in [1.807, 2.05) is 0 Å². The molecule has 0 unspecified atom stereocenters. The quantitative estimate of drug-likeness (QED) is 0.248. The molecule has 0 aliphatic rings. The van der Waals surface area contributed by atoms with Crippen molar-refractivity contribution in [3.8, 4) is 0 Å². The molecule has 0 heterocycles. The number of nitrogen functional groups attached to an aromatic ring is 1. The SMILES string of the molecule is Nc1cccc([N+](=O)[O-])c1S(=O)(=O)O.[Na]. The van der Waals surface area contributed by atoms with Crippen molar-refractivity contribution in [2.45, 2.75) is 4.90 Å². The fourth-order valence-electron chi connectivity index (χ4n) is 0.967. The van der Waals surface area contributed by atoms with Crippen molar-refractivity contribution in [2.75, 3.05) is 5.73 Å². The van der Waals surface area contributed by atoms with Crippen LogP contribution in [0.25, 0.3) is 0 Å². The molecule has 0 fully saturated rings. The topological polar surface area (TPSA) is 124 Å². The Morgan fingerprint density at radius 2 is 1.93 bits per heavy atom. The summed E-state index contributed by atoms with van der Waals surface area (Å²) in [6.07, 6.45) is 0. The summed E-state index contributed by atoms with van der Waals surface area (Å²) >= 11 is 0. The molecule has 0 amide bonds. The molecule has 9 heteroatoms. The zero-order valence-electron chi connectivity index (χ0n) is 7.75. The van der Waals surface area contributed by atoms with Crippen LogP contribution >= 0.6 is 0 Å². The van der Waals surface area contributed by atoms with E-state index in [0.29, 0.717) is 0 Å². The maximum atomic E-state index is 10.8. The zero-order chi connectivity index (χ0) is 10.9. The Bertz CT molecular complexity index is 486. The molecule has 3 N–H and O–H groups in total. The van der Waals surface area contributed by atoms with Gasteiger partial charge in [0, 0.05) is 35.6 Å². The molecule has 7 nitrogen and oxygen atoms in total. The molecule has 1 rings (SSSR count). The molecule has 0 saturated carbocycles. The average Bonchev–Trinajstić information content (AvgIpc) is 2.01. The van der Waals surface area contributed by atoms with E-state index in [0.717, 1.165) is 12.1 Å². The van der Waals surface area contributed by atoms with E-state index >= 15 is 0 Å². The molecule has 0 spiro atoms. The maximum Gasteiger partial charge on any atom is 0.303 e. The van der Waals surface area contributed by atoms with Gasteiger partial charge in [-0.2, -0.15) is 8.42 Å². The van der Waals surface area contributed by atoms with Gasteiger partial charge in [0.15, 0.2) is 4.90 Å². The van der Waals surface area contributed by atoms with Crippen LogP contribution in [-0.4, -0.2) is 47.5 Å². The van der Waals surface area contributed by atoms with E-state index in [1.165, 1.54) is 6.07 Å². The number of nitro groups is 1. The number of anilines is 1. The maximum absolute atomic E-state index is 10.8. The number of rotatable bonds is 2. The summed E-state index contributed by atoms with van der Waals surface area (Å²) in [5.74, 6) is 0. The molecule has 1 radical (unpaired) electrons. The molecule has 1 aromatic carbocycles. The van der Waals surface area contributed by atoms with Crippen molar-refractivity contribution < 1.29 is 17.9 Å². The summed E-state index contributed by atoms with van der Waals surface area (Å²) in [6, 6.07) is 3.32. The fraction of sp³-hybridized carbons (Fsp3) is 0. The molecule has 0 bridgehead atoms. The van der Waals surface area contributed by atoms with Crippen LogP contribution in [0.1, 0.15) is 0 Å². The van der Waals surface area contributed by atoms with Crippen molar-refractivity contribution in [3.05, 3.63) is 28.3 Å². The summed E-state index contributed by atoms with van der Waals surface area (Å²) in [4.78, 5) is 8.59. The van der Waals surface area contributed by atoms with Crippen molar-refractivity contribution in [1.82, 2.24) is 0 Å². The molecule has 0 saturated heterocycles. The van der Waals surface area contributed by atoms with Crippen LogP contribution in [0, 0.1) is 10.1 Å². The normalized spacial score (nSPS) is 10.5. The van der Waals surface area contributed by atoms with E-state index < -0.39 is 25.6 Å². The van der Waals surface area contributed by atoms with Gasteiger partial charge in [0.2, 0.25) is 0 Å². The van der Waals surface area contributed by atoms with Gasteiger partial charge in [0.25, 0.3) is 5.69 Å². The van der Waals surface area contributed by atoms with Gasteiger partial charge in [-0.3, -0.25) is 14.7 Å². The van der Waals surface area contributed by atoms with E-state index in [-0.39, 0.29) is 35.2 Å². The number of nitro benzene ring substituents is 1. The standard InChI is InChI=1S/C6H6N2O5S.Na/c7-4-2-1-3-5(8(9)10)6(4)14(11,12)13;/h1-3H,7H2,(H,11,12,13);. The average molecular weight is 241 g/mol. The van der Waals surface area contributed by atoms with Crippen LogP contribution < -0.4 is 5.73 Å². The van der Waals surface area contributed by atoms with Gasteiger partial charge >= 0.3 is 10.1 Å². The van der Waals surface area contributed by atoms with Crippen LogP contribution in [-0.2, 0) is 10.1 Å². The van der Waals surface area contributed by atoms with Crippen molar-refractivity contribution in [3.63, 3.8) is 0 Å². The monoisotopic (exact) mass is 241 g/mol. The summed E-state index contributed by atoms with van der Waals surface area (Å²) < 4.78 is 30.2. The number of nitrogens with zero attached hydrogens (tertiary/aromatic N) is 1. The Hall–Kier alpha value is -0.670. The van der Waals surface area contributed by atoms with E-state index in [1.54, 1.807) is 0 Å². The van der Waals surface area contributed by atoms with E-state index in [9.17, 15) is 18.5 Å². The van der Waals surface area contributed by atoms with Gasteiger partial charge in [-0.15, -0.1) is 0 Å². The second-order valence-corrected chi connectivity index (χ2v) is 3.79. The molecule has 15 heavy (non-hydrogen) atoms. The number of hydrogen-bond acceptors (Lipinski definition) is 5. The second-order valence-electron chi connectivity index (χ2n) is 2.43. The van der Waals surface area contributed by atoms with Crippen molar-refractivity contribution >= 4 is 51.1 Å². The zero-order valence-corrected chi connectivity index (χ0v) is 10.6. The third-order valence-electron chi connectivity index (χ3n) is 1.48. The predicted molar refractivity (Wildman–Crippen MR) is 53.1 cm³/mol. The van der Waals surface area contributed by atoms with Crippen LogP contribution in [0.3, 0.4) is 0 Å². The van der Waals surface area contributed by atoms with Gasteiger partial charge in [0.05, 0.1) is 10.6 Å². The first-order valence-electron chi connectivity index (χ1n) is 3.34. The Balaban J connectivity index is 0.00000196. The third kappa shape index (κ3) is 3.14. The number of nitrogens with two attached hydrogens (primary N) is 1. The summed E-state index contributed by atoms with van der Waals surface area (Å²) in [6.45, 7) is 0. The predicted octanol–water partition coefficient (Wildman–Crippen LogP) is 0.0429. The fourth-order valence-corrected chi connectivity index (χ4v) is 1.74. The van der Waals surface area contributed by atoms with Crippen LogP contribution in [0.2, 0.25) is 0 Å². The molecule has 0 aliphatic heterocycles. The summed E-state index contributed by atoms with van der Waals surface area (Å²) in [7, 11) is -4.68. The minimum atomic E-state index is -4.68. The molecular weight excluding hydrogens is 235 g/mol. The molecule has 1 aromatic rings. The molecule has 0 aromatic heterocycles. The van der Waals surface area contributed by atoms with Crippen molar-refractivity contribution in [2.24, 2.45) is 0 Å².